The topological polar surface area (TPSA) is 49.4 Å². The number of likely N-dealkylation sites (N-methyl/N-ethyl adjacent to an activating group) is 1. The first-order valence-corrected chi connectivity index (χ1v) is 8.97. The highest BCUT2D eigenvalue weighted by molar-refractivity contribution is 7.91. The van der Waals surface area contributed by atoms with Gasteiger partial charge in [0.05, 0.1) is 10.6 Å². The van der Waals surface area contributed by atoms with E-state index in [9.17, 15) is 8.42 Å². The van der Waals surface area contributed by atoms with E-state index in [4.69, 9.17) is 0 Å². The maximum atomic E-state index is 11.9. The first-order chi connectivity index (χ1) is 9.53. The van der Waals surface area contributed by atoms with Gasteiger partial charge in [0.15, 0.2) is 9.84 Å². The van der Waals surface area contributed by atoms with Gasteiger partial charge in [0.2, 0.25) is 0 Å². The summed E-state index contributed by atoms with van der Waals surface area (Å²) in [6.07, 6.45) is 0.645. The lowest BCUT2D eigenvalue weighted by atomic mass is 10.3. The summed E-state index contributed by atoms with van der Waals surface area (Å²) in [4.78, 5) is 2.75. The maximum absolute atomic E-state index is 11.9. The van der Waals surface area contributed by atoms with Crippen LogP contribution in [0.15, 0.2) is 29.2 Å². The van der Waals surface area contributed by atoms with Crippen molar-refractivity contribution < 1.29 is 8.42 Å². The number of nitrogens with zero attached hydrogens (tertiary/aromatic N) is 1. The van der Waals surface area contributed by atoms with Crippen LogP contribution in [0, 0.1) is 0 Å². The molecule has 1 N–H and O–H groups in total. The molecule has 0 saturated heterocycles. The van der Waals surface area contributed by atoms with Crippen molar-refractivity contribution in [2.45, 2.75) is 32.1 Å². The Balaban J connectivity index is 2.55. The Bertz CT molecular complexity index is 479. The lowest BCUT2D eigenvalue weighted by molar-refractivity contribution is 0.316. The molecule has 0 spiro atoms. The van der Waals surface area contributed by atoms with E-state index in [1.54, 1.807) is 12.1 Å². The average Bonchev–Trinajstić information content (AvgIpc) is 2.44. The minimum atomic E-state index is -3.10. The van der Waals surface area contributed by atoms with Crippen molar-refractivity contribution in [3.8, 4) is 0 Å². The Morgan fingerprint density at radius 3 is 2.15 bits per heavy atom. The summed E-state index contributed by atoms with van der Waals surface area (Å²) in [5, 5.41) is 3.32. The largest absolute Gasteiger partial charge is 0.384 e. The standard InChI is InChI=1S/C15H26N2O2S/c1-4-13-20(18,19)15-9-7-14(8-10-15)16-11-12-17(5-2)6-3/h7-10,16H,4-6,11-13H2,1-3H3. The Morgan fingerprint density at radius 2 is 1.65 bits per heavy atom. The van der Waals surface area contributed by atoms with Crippen molar-refractivity contribution in [2.24, 2.45) is 0 Å². The van der Waals surface area contributed by atoms with Gasteiger partial charge in [-0.2, -0.15) is 0 Å². The predicted molar refractivity (Wildman–Crippen MR) is 85.1 cm³/mol. The number of hydrogen-bond donors (Lipinski definition) is 1. The zero-order chi connectivity index (χ0) is 15.0. The number of nitrogens with one attached hydrogen (secondary N) is 1. The predicted octanol–water partition coefficient (Wildman–Crippen LogP) is 2.62. The van der Waals surface area contributed by atoms with Crippen molar-refractivity contribution in [2.75, 3.05) is 37.2 Å². The monoisotopic (exact) mass is 298 g/mol. The SMILES string of the molecule is CCCS(=O)(=O)c1ccc(NCCN(CC)CC)cc1. The van der Waals surface area contributed by atoms with Crippen molar-refractivity contribution >= 4 is 15.5 Å². The highest BCUT2D eigenvalue weighted by atomic mass is 32.2. The molecule has 1 aromatic carbocycles. The minimum Gasteiger partial charge on any atom is -0.384 e. The number of hydrogen-bond acceptors (Lipinski definition) is 4. The highest BCUT2D eigenvalue weighted by Crippen LogP contribution is 2.15. The van der Waals surface area contributed by atoms with Gasteiger partial charge in [0, 0.05) is 18.8 Å². The van der Waals surface area contributed by atoms with E-state index in [1.807, 2.05) is 19.1 Å². The lowest BCUT2D eigenvalue weighted by Crippen LogP contribution is -2.28. The van der Waals surface area contributed by atoms with Crippen LogP contribution in [0.25, 0.3) is 0 Å². The minimum absolute atomic E-state index is 0.210. The van der Waals surface area contributed by atoms with Gasteiger partial charge in [-0.15, -0.1) is 0 Å². The van der Waals surface area contributed by atoms with Crippen molar-refractivity contribution in [3.63, 3.8) is 0 Å². The maximum Gasteiger partial charge on any atom is 0.178 e. The molecule has 0 saturated carbocycles. The van der Waals surface area contributed by atoms with Crippen LogP contribution in [-0.2, 0) is 9.84 Å². The molecule has 1 aromatic rings. The fourth-order valence-corrected chi connectivity index (χ4v) is 3.39. The van der Waals surface area contributed by atoms with Crippen LogP contribution in [0.1, 0.15) is 27.2 Å². The molecule has 0 heterocycles. The molecule has 114 valence electrons. The lowest BCUT2D eigenvalue weighted by Gasteiger charge is -2.18. The third kappa shape index (κ3) is 5.13. The molecule has 0 aliphatic carbocycles. The van der Waals surface area contributed by atoms with Crippen LogP contribution in [0.5, 0.6) is 0 Å². The van der Waals surface area contributed by atoms with E-state index in [1.165, 1.54) is 0 Å². The number of sulfone groups is 1. The molecule has 4 nitrogen and oxygen atoms in total. The smallest absolute Gasteiger partial charge is 0.178 e. The first kappa shape index (κ1) is 17.0. The molecule has 20 heavy (non-hydrogen) atoms. The Kier molecular flexibility index (Phi) is 7.02. The quantitative estimate of drug-likeness (QED) is 0.761. The van der Waals surface area contributed by atoms with Gasteiger partial charge < -0.3 is 10.2 Å². The fourth-order valence-electron chi connectivity index (χ4n) is 2.06. The van der Waals surface area contributed by atoms with Gasteiger partial charge in [0.1, 0.15) is 0 Å². The molecule has 0 aromatic heterocycles. The Hall–Kier alpha value is -1.07. The van der Waals surface area contributed by atoms with Crippen LogP contribution >= 0.6 is 0 Å². The van der Waals surface area contributed by atoms with E-state index >= 15 is 0 Å². The molecule has 0 fully saturated rings. The van der Waals surface area contributed by atoms with Gasteiger partial charge in [-0.25, -0.2) is 8.42 Å². The van der Waals surface area contributed by atoms with Crippen molar-refractivity contribution in [1.82, 2.24) is 4.90 Å². The second-order valence-electron chi connectivity index (χ2n) is 4.80. The Morgan fingerprint density at radius 1 is 1.05 bits per heavy atom. The number of rotatable bonds is 9. The van der Waals surface area contributed by atoms with Gasteiger partial charge >= 0.3 is 0 Å². The summed E-state index contributed by atoms with van der Waals surface area (Å²) in [5.74, 6) is 0.210. The highest BCUT2D eigenvalue weighted by Gasteiger charge is 2.12. The van der Waals surface area contributed by atoms with E-state index in [0.717, 1.165) is 31.9 Å². The normalized spacial score (nSPS) is 11.8. The molecule has 0 atom stereocenters. The van der Waals surface area contributed by atoms with Gasteiger partial charge in [-0.1, -0.05) is 20.8 Å². The van der Waals surface area contributed by atoms with E-state index in [2.05, 4.69) is 24.1 Å². The summed E-state index contributed by atoms with van der Waals surface area (Å²) in [6.45, 7) is 10.1. The molecule has 0 aliphatic heterocycles. The molecule has 1 rings (SSSR count). The molecule has 0 amide bonds. The van der Waals surface area contributed by atoms with Gasteiger partial charge in [-0.05, 0) is 43.8 Å². The Labute approximate surface area is 123 Å². The molecular weight excluding hydrogens is 272 g/mol. The summed E-state index contributed by atoms with van der Waals surface area (Å²) < 4.78 is 23.8. The second-order valence-corrected chi connectivity index (χ2v) is 6.91. The van der Waals surface area contributed by atoms with Crippen molar-refractivity contribution in [3.05, 3.63) is 24.3 Å². The fraction of sp³-hybridized carbons (Fsp3) is 0.600. The van der Waals surface area contributed by atoms with Crippen LogP contribution in [0.3, 0.4) is 0 Å². The van der Waals surface area contributed by atoms with Gasteiger partial charge in [-0.3, -0.25) is 0 Å². The van der Waals surface area contributed by atoms with Crippen LogP contribution < -0.4 is 5.32 Å². The van der Waals surface area contributed by atoms with Crippen molar-refractivity contribution in [1.29, 1.82) is 0 Å². The first-order valence-electron chi connectivity index (χ1n) is 7.32. The van der Waals surface area contributed by atoms with Crippen LogP contribution in [0.4, 0.5) is 5.69 Å². The van der Waals surface area contributed by atoms with Gasteiger partial charge in [0.25, 0.3) is 0 Å². The number of benzene rings is 1. The summed E-state index contributed by atoms with van der Waals surface area (Å²) >= 11 is 0. The summed E-state index contributed by atoms with van der Waals surface area (Å²) in [5.41, 5.74) is 0.965. The van der Waals surface area contributed by atoms with Crippen LogP contribution in [0.2, 0.25) is 0 Å². The van der Waals surface area contributed by atoms with E-state index in [-0.39, 0.29) is 5.75 Å². The van der Waals surface area contributed by atoms with E-state index < -0.39 is 9.84 Å². The zero-order valence-corrected chi connectivity index (χ0v) is 13.5. The molecule has 0 unspecified atom stereocenters. The molecular formula is C15H26N2O2S. The molecule has 0 bridgehead atoms. The molecule has 0 aliphatic rings. The zero-order valence-electron chi connectivity index (χ0n) is 12.7. The number of anilines is 1. The van der Waals surface area contributed by atoms with Crippen LogP contribution in [-0.4, -0.2) is 45.2 Å². The summed E-state index contributed by atoms with van der Waals surface area (Å²) in [6, 6.07) is 7.05. The molecule has 0 radical (unpaired) electrons. The second kappa shape index (κ2) is 8.27. The average molecular weight is 298 g/mol. The third-order valence-electron chi connectivity index (χ3n) is 3.34. The molecule has 5 heteroatoms. The van der Waals surface area contributed by atoms with E-state index in [0.29, 0.717) is 11.3 Å². The third-order valence-corrected chi connectivity index (χ3v) is 5.27. The summed E-state index contributed by atoms with van der Waals surface area (Å²) in [7, 11) is -3.10.